The van der Waals surface area contributed by atoms with Crippen LogP contribution in [0.5, 0.6) is 0 Å². The molecule has 4 unspecified atom stereocenters. The summed E-state index contributed by atoms with van der Waals surface area (Å²) in [5, 5.41) is 19.8. The third kappa shape index (κ3) is 27.3. The summed E-state index contributed by atoms with van der Waals surface area (Å²) in [4.78, 5) is 24.3. The van der Waals surface area contributed by atoms with Gasteiger partial charge in [-0.3, -0.25) is 9.59 Å². The standard InChI is InChI=1S/C64H94N4O24S4/c1-81-29-33-85-25-17-65-93(73,74)37-5-21-89-61-55-41-47(43-59(69)70)9-13-51(55)53-15-11-49(45-57(53)63(61)91-23-7-39-95(77,78)67-19-27-87-35-31-83-3)50-12-16-54-52-14-10-48(44-60(71)72)42-56(52)62(90-22-6-38-94(75,76)66-18-26-86-34-30-82-2)64(58(54)46-50)92-24-8-40-96(79,80)68-20-28-88-36-32-84-4/h9-16,41-42,45-46,61-68H,5-8,17-40,43-44H2,1-4H3,(H,69,70)(H,71,72). The third-order valence-electron chi connectivity index (χ3n) is 15.2. The molecule has 96 heavy (non-hydrogen) atoms. The van der Waals surface area contributed by atoms with Crippen LogP contribution < -0.4 is 18.9 Å². The van der Waals surface area contributed by atoms with E-state index in [-0.39, 0.29) is 154 Å². The van der Waals surface area contributed by atoms with E-state index in [1.807, 2.05) is 36.4 Å². The number of fused-ring (bicyclic) bond motifs is 6. The van der Waals surface area contributed by atoms with E-state index >= 15 is 0 Å². The molecule has 6 rings (SSSR count). The zero-order valence-corrected chi connectivity index (χ0v) is 58.2. The summed E-state index contributed by atoms with van der Waals surface area (Å²) < 4.78 is 184. The number of nitrogens with one attached hydrogen (secondary N) is 4. The molecular weight excluding hydrogens is 1340 g/mol. The van der Waals surface area contributed by atoms with E-state index in [1.165, 1.54) is 28.4 Å². The van der Waals surface area contributed by atoms with Crippen molar-refractivity contribution in [1.82, 2.24) is 18.9 Å². The maximum Gasteiger partial charge on any atom is 0.307 e. The third-order valence-corrected chi connectivity index (χ3v) is 21.0. The summed E-state index contributed by atoms with van der Waals surface area (Å²) in [6, 6.07) is 21.9. The second-order valence-electron chi connectivity index (χ2n) is 22.4. The molecule has 0 bridgehead atoms. The van der Waals surface area contributed by atoms with Crippen molar-refractivity contribution in [3.8, 4) is 33.4 Å². The van der Waals surface area contributed by atoms with Gasteiger partial charge < -0.3 is 67.1 Å². The van der Waals surface area contributed by atoms with E-state index in [9.17, 15) is 53.5 Å². The SMILES string of the molecule is COCCOCCNS(=O)(=O)CCCOC1c2cc(CC(=O)O)ccc2-c2ccc(-c3ccc4c(c3)C(OCCCS(=O)(=O)NCCOCCOC)C(OCCCS(=O)(=O)NCCOCCOC)c3cc(CC(=O)O)ccc3-4)cc2C1OCCCS(=O)(=O)NCCOCCOC. The number of methoxy groups -OCH3 is 4. The van der Waals surface area contributed by atoms with Crippen molar-refractivity contribution in [3.05, 3.63) is 106 Å². The number of carboxylic acids is 2. The van der Waals surface area contributed by atoms with Crippen molar-refractivity contribution in [1.29, 1.82) is 0 Å². The molecule has 0 saturated heterocycles. The van der Waals surface area contributed by atoms with Gasteiger partial charge in [-0.1, -0.05) is 60.7 Å². The minimum atomic E-state index is -3.80. The largest absolute Gasteiger partial charge is 0.481 e. The fourth-order valence-electron chi connectivity index (χ4n) is 10.7. The van der Waals surface area contributed by atoms with Crippen molar-refractivity contribution in [3.63, 3.8) is 0 Å². The van der Waals surface area contributed by atoms with Crippen molar-refractivity contribution in [2.24, 2.45) is 0 Å². The van der Waals surface area contributed by atoms with Gasteiger partial charge in [-0.15, -0.1) is 0 Å². The average molecular weight is 1430 g/mol. The quantitative estimate of drug-likeness (QED) is 0.0339. The predicted octanol–water partition coefficient (Wildman–Crippen LogP) is 4.09. The van der Waals surface area contributed by atoms with Gasteiger partial charge in [0.15, 0.2) is 0 Å². The van der Waals surface area contributed by atoms with Gasteiger partial charge in [-0.2, -0.15) is 0 Å². The Morgan fingerprint density at radius 1 is 0.344 bits per heavy atom. The number of ether oxygens (including phenoxy) is 12. The first-order valence-corrected chi connectivity index (χ1v) is 38.3. The first kappa shape index (κ1) is 80.0. The van der Waals surface area contributed by atoms with Crippen LogP contribution in [0.1, 0.15) is 83.5 Å². The minimum absolute atomic E-state index is 0.0288. The lowest BCUT2D eigenvalue weighted by Gasteiger charge is -2.37. The van der Waals surface area contributed by atoms with Crippen LogP contribution in [0.4, 0.5) is 0 Å². The Morgan fingerprint density at radius 3 is 0.844 bits per heavy atom. The summed E-state index contributed by atoms with van der Waals surface area (Å²) in [6.45, 7) is 2.75. The first-order chi connectivity index (χ1) is 46.1. The van der Waals surface area contributed by atoms with Crippen molar-refractivity contribution >= 4 is 52.0 Å². The van der Waals surface area contributed by atoms with Gasteiger partial charge in [-0.25, -0.2) is 52.6 Å². The summed E-state index contributed by atoms with van der Waals surface area (Å²) in [5.41, 5.74) is 7.31. The number of hydrogen-bond acceptors (Lipinski definition) is 22. The Hall–Kier alpha value is -5.02. The maximum atomic E-state index is 13.2. The molecule has 538 valence electrons. The molecule has 0 aromatic heterocycles. The van der Waals surface area contributed by atoms with Crippen molar-refractivity contribution in [2.75, 3.05) is 183 Å². The van der Waals surface area contributed by atoms with Crippen LogP contribution in [0.3, 0.4) is 0 Å². The monoisotopic (exact) mass is 1430 g/mol. The molecule has 6 N–H and O–H groups in total. The van der Waals surface area contributed by atoms with Crippen LogP contribution in [0.15, 0.2) is 72.8 Å². The van der Waals surface area contributed by atoms with E-state index in [4.69, 9.17) is 56.8 Å². The molecule has 0 spiro atoms. The molecule has 4 aromatic rings. The predicted molar refractivity (Wildman–Crippen MR) is 357 cm³/mol. The molecule has 0 radical (unpaired) electrons. The van der Waals surface area contributed by atoms with E-state index in [0.29, 0.717) is 106 Å². The molecule has 0 amide bonds. The molecule has 0 fully saturated rings. The second-order valence-corrected chi connectivity index (χ2v) is 30.1. The molecule has 2 aliphatic carbocycles. The molecular formula is C64H94N4O24S4. The number of aliphatic carboxylic acids is 2. The topological polar surface area (TPSA) is 370 Å². The van der Waals surface area contributed by atoms with Crippen molar-refractivity contribution in [2.45, 2.75) is 62.9 Å². The van der Waals surface area contributed by atoms with Crippen LogP contribution in [0.2, 0.25) is 0 Å². The summed E-state index contributed by atoms with van der Waals surface area (Å²) in [6.07, 6.45) is -4.47. The van der Waals surface area contributed by atoms with Crippen LogP contribution in [0.25, 0.3) is 33.4 Å². The van der Waals surface area contributed by atoms with Gasteiger partial charge in [0, 0.05) is 81.0 Å². The minimum Gasteiger partial charge on any atom is -0.481 e. The number of hydrogen-bond donors (Lipinski definition) is 6. The van der Waals surface area contributed by atoms with Crippen molar-refractivity contribution < 1.29 is 110 Å². The number of carbonyl (C=O) groups is 2. The lowest BCUT2D eigenvalue weighted by Crippen LogP contribution is -2.31. The summed E-state index contributed by atoms with van der Waals surface area (Å²) >= 11 is 0. The molecule has 32 heteroatoms. The Morgan fingerprint density at radius 2 is 0.594 bits per heavy atom. The number of carboxylic acid groups (broad SMARTS) is 2. The van der Waals surface area contributed by atoms with Gasteiger partial charge in [0.2, 0.25) is 40.1 Å². The molecule has 0 saturated carbocycles. The number of benzene rings is 4. The highest BCUT2D eigenvalue weighted by molar-refractivity contribution is 7.90. The smallest absolute Gasteiger partial charge is 0.307 e. The molecule has 0 heterocycles. The van der Waals surface area contributed by atoms with E-state index in [2.05, 4.69) is 18.9 Å². The first-order valence-electron chi connectivity index (χ1n) is 31.7. The lowest BCUT2D eigenvalue weighted by atomic mass is 9.78. The highest BCUT2D eigenvalue weighted by atomic mass is 32.2. The highest BCUT2D eigenvalue weighted by Crippen LogP contribution is 2.52. The molecule has 4 aromatic carbocycles. The van der Waals surface area contributed by atoms with Gasteiger partial charge in [0.05, 0.1) is 115 Å². The Labute approximate surface area is 564 Å². The zero-order valence-electron chi connectivity index (χ0n) is 55.0. The molecule has 28 nitrogen and oxygen atoms in total. The fraction of sp³-hybridized carbons (Fsp3) is 0.594. The van der Waals surface area contributed by atoms with Crippen LogP contribution in [-0.4, -0.2) is 239 Å². The van der Waals surface area contributed by atoms with Crippen LogP contribution >= 0.6 is 0 Å². The Kier molecular flexibility index (Phi) is 34.6. The number of sulfonamides is 4. The molecule has 4 atom stereocenters. The Balaban J connectivity index is 1.39. The number of rotatable bonds is 53. The zero-order chi connectivity index (χ0) is 69.4. The van der Waals surface area contributed by atoms with Gasteiger partial charge in [0.25, 0.3) is 0 Å². The van der Waals surface area contributed by atoms with E-state index < -0.39 is 76.4 Å². The fourth-order valence-corrected chi connectivity index (χ4v) is 14.9. The van der Waals surface area contributed by atoms with Gasteiger partial charge in [-0.05, 0) is 105 Å². The normalized spacial score (nSPS) is 16.2. The summed E-state index contributed by atoms with van der Waals surface area (Å²) in [5.74, 6) is -3.40. The van der Waals surface area contributed by atoms with Gasteiger partial charge >= 0.3 is 11.9 Å². The van der Waals surface area contributed by atoms with Crippen LogP contribution in [-0.2, 0) is 119 Å². The van der Waals surface area contributed by atoms with E-state index in [0.717, 1.165) is 0 Å². The maximum absolute atomic E-state index is 13.2. The van der Waals surface area contributed by atoms with Crippen LogP contribution in [0, 0.1) is 0 Å². The lowest BCUT2D eigenvalue weighted by molar-refractivity contribution is -0.137. The summed E-state index contributed by atoms with van der Waals surface area (Å²) in [7, 11) is -9.08. The highest BCUT2D eigenvalue weighted by Gasteiger charge is 2.39. The second kappa shape index (κ2) is 41.5. The van der Waals surface area contributed by atoms with Gasteiger partial charge in [0.1, 0.15) is 24.4 Å². The van der Waals surface area contributed by atoms with E-state index in [1.54, 1.807) is 36.4 Å². The Bertz CT molecular complexity index is 3300. The molecule has 0 aliphatic heterocycles. The molecule has 2 aliphatic rings. The average Bonchev–Trinajstić information content (AvgIpc) is 0.747.